The number of carboxylic acid groups (broad SMARTS) is 1. The SMILES string of the molecule is O=C([O-])C(Cl)Cc1ccccc1. The number of hydrogen-bond donors (Lipinski definition) is 0. The van der Waals surface area contributed by atoms with E-state index in [1.165, 1.54) is 0 Å². The number of carbonyl (C=O) groups excluding carboxylic acids is 1. The van der Waals surface area contributed by atoms with Crippen LogP contribution in [0.1, 0.15) is 5.56 Å². The molecule has 0 aliphatic carbocycles. The second kappa shape index (κ2) is 4.12. The van der Waals surface area contributed by atoms with Crippen LogP contribution in [0.25, 0.3) is 0 Å². The Labute approximate surface area is 75.8 Å². The van der Waals surface area contributed by atoms with Gasteiger partial charge in [0.25, 0.3) is 0 Å². The third-order valence-electron chi connectivity index (χ3n) is 1.51. The van der Waals surface area contributed by atoms with Crippen LogP contribution < -0.4 is 5.11 Å². The Morgan fingerprint density at radius 1 is 1.42 bits per heavy atom. The Morgan fingerprint density at radius 3 is 2.50 bits per heavy atom. The summed E-state index contributed by atoms with van der Waals surface area (Å²) in [6.45, 7) is 0. The van der Waals surface area contributed by atoms with Gasteiger partial charge in [0.15, 0.2) is 0 Å². The summed E-state index contributed by atoms with van der Waals surface area (Å²) in [7, 11) is 0. The highest BCUT2D eigenvalue weighted by Crippen LogP contribution is 2.06. The fourth-order valence-electron chi connectivity index (χ4n) is 0.904. The number of carboxylic acids is 1. The van der Waals surface area contributed by atoms with Gasteiger partial charge in [0, 0.05) is 0 Å². The van der Waals surface area contributed by atoms with Gasteiger partial charge in [-0.3, -0.25) is 0 Å². The molecule has 2 nitrogen and oxygen atoms in total. The van der Waals surface area contributed by atoms with E-state index in [1.807, 2.05) is 30.3 Å². The number of aliphatic carboxylic acids is 1. The molecule has 1 unspecified atom stereocenters. The van der Waals surface area contributed by atoms with Crippen molar-refractivity contribution in [1.82, 2.24) is 0 Å². The maximum atomic E-state index is 10.3. The third kappa shape index (κ3) is 2.55. The third-order valence-corrected chi connectivity index (χ3v) is 1.85. The molecule has 1 atom stereocenters. The molecular formula is C9H8ClO2-. The Hall–Kier alpha value is -1.02. The topological polar surface area (TPSA) is 40.1 Å². The highest BCUT2D eigenvalue weighted by Gasteiger charge is 2.05. The predicted molar refractivity (Wildman–Crippen MR) is 44.8 cm³/mol. The van der Waals surface area contributed by atoms with E-state index in [0.717, 1.165) is 5.56 Å². The lowest BCUT2D eigenvalue weighted by molar-refractivity contribution is -0.305. The molecule has 0 spiro atoms. The van der Waals surface area contributed by atoms with Crippen LogP contribution in [0.15, 0.2) is 30.3 Å². The average Bonchev–Trinajstić information content (AvgIpc) is 2.06. The van der Waals surface area contributed by atoms with Crippen LogP contribution in [-0.2, 0) is 11.2 Å². The van der Waals surface area contributed by atoms with E-state index in [4.69, 9.17) is 11.6 Å². The summed E-state index contributed by atoms with van der Waals surface area (Å²) in [5.41, 5.74) is 0.904. The molecule has 1 rings (SSSR count). The second-order valence-electron chi connectivity index (χ2n) is 2.48. The van der Waals surface area contributed by atoms with Gasteiger partial charge in [-0.05, 0) is 12.0 Å². The van der Waals surface area contributed by atoms with Gasteiger partial charge in [0.1, 0.15) is 0 Å². The van der Waals surface area contributed by atoms with E-state index in [0.29, 0.717) is 6.42 Å². The molecule has 1 aromatic carbocycles. The van der Waals surface area contributed by atoms with E-state index in [-0.39, 0.29) is 0 Å². The molecule has 12 heavy (non-hydrogen) atoms. The number of rotatable bonds is 3. The smallest absolute Gasteiger partial charge is 0.0770 e. The zero-order chi connectivity index (χ0) is 8.97. The van der Waals surface area contributed by atoms with E-state index in [9.17, 15) is 9.90 Å². The van der Waals surface area contributed by atoms with Crippen LogP contribution in [0.4, 0.5) is 0 Å². The molecule has 0 aliphatic rings. The lowest BCUT2D eigenvalue weighted by Crippen LogP contribution is -2.33. The first-order chi connectivity index (χ1) is 5.70. The molecule has 0 saturated heterocycles. The molecule has 1 aromatic rings. The molecule has 0 fully saturated rings. The Balaban J connectivity index is 2.58. The molecule has 0 N–H and O–H groups in total. The lowest BCUT2D eigenvalue weighted by atomic mass is 10.1. The summed E-state index contributed by atoms with van der Waals surface area (Å²) in [5.74, 6) is -1.22. The Morgan fingerprint density at radius 2 is 2.00 bits per heavy atom. The fraction of sp³-hybridized carbons (Fsp3) is 0.222. The van der Waals surface area contributed by atoms with E-state index < -0.39 is 11.3 Å². The quantitative estimate of drug-likeness (QED) is 0.644. The minimum atomic E-state index is -1.22. The van der Waals surface area contributed by atoms with Gasteiger partial charge in [0.2, 0.25) is 0 Å². The molecule has 0 bridgehead atoms. The lowest BCUT2D eigenvalue weighted by Gasteiger charge is -2.09. The number of benzene rings is 1. The molecule has 3 heteroatoms. The van der Waals surface area contributed by atoms with Gasteiger partial charge in [-0.25, -0.2) is 0 Å². The van der Waals surface area contributed by atoms with Crippen LogP contribution in [-0.4, -0.2) is 11.3 Å². The first kappa shape index (κ1) is 9.07. The van der Waals surface area contributed by atoms with Crippen molar-refractivity contribution < 1.29 is 9.90 Å². The van der Waals surface area contributed by atoms with E-state index in [1.54, 1.807) is 0 Å². The van der Waals surface area contributed by atoms with Gasteiger partial charge >= 0.3 is 0 Å². The number of hydrogen-bond acceptors (Lipinski definition) is 2. The first-order valence-electron chi connectivity index (χ1n) is 3.59. The molecule has 0 aromatic heterocycles. The van der Waals surface area contributed by atoms with Gasteiger partial charge in [-0.2, -0.15) is 0 Å². The van der Waals surface area contributed by atoms with Gasteiger partial charge in [-0.1, -0.05) is 30.3 Å². The first-order valence-corrected chi connectivity index (χ1v) is 4.02. The van der Waals surface area contributed by atoms with Crippen molar-refractivity contribution in [3.8, 4) is 0 Å². The molecule has 0 aliphatic heterocycles. The Kier molecular flexibility index (Phi) is 3.11. The number of halogens is 1. The monoisotopic (exact) mass is 183 g/mol. The summed E-state index contributed by atoms with van der Waals surface area (Å²) in [5, 5.41) is 9.32. The van der Waals surface area contributed by atoms with Crippen molar-refractivity contribution in [3.63, 3.8) is 0 Å². The maximum absolute atomic E-state index is 10.3. The van der Waals surface area contributed by atoms with Crippen LogP contribution in [0.2, 0.25) is 0 Å². The molecule has 64 valence electrons. The highest BCUT2D eigenvalue weighted by atomic mass is 35.5. The molecule has 0 heterocycles. The number of carbonyl (C=O) groups is 1. The van der Waals surface area contributed by atoms with Crippen molar-refractivity contribution in [2.45, 2.75) is 11.8 Å². The summed E-state index contributed by atoms with van der Waals surface area (Å²) in [6, 6.07) is 9.21. The minimum Gasteiger partial charge on any atom is -0.549 e. The predicted octanol–water partition coefficient (Wildman–Crippen LogP) is 0.586. The van der Waals surface area contributed by atoms with Crippen molar-refractivity contribution in [3.05, 3.63) is 35.9 Å². The zero-order valence-corrected chi connectivity index (χ0v) is 7.12. The van der Waals surface area contributed by atoms with Crippen molar-refractivity contribution in [1.29, 1.82) is 0 Å². The van der Waals surface area contributed by atoms with Crippen molar-refractivity contribution in [2.75, 3.05) is 0 Å². The van der Waals surface area contributed by atoms with Crippen LogP contribution in [0, 0.1) is 0 Å². The van der Waals surface area contributed by atoms with Crippen molar-refractivity contribution in [2.24, 2.45) is 0 Å². The van der Waals surface area contributed by atoms with Crippen LogP contribution in [0.3, 0.4) is 0 Å². The summed E-state index contributed by atoms with van der Waals surface area (Å²) >= 11 is 5.49. The fourth-order valence-corrected chi connectivity index (χ4v) is 1.08. The Bertz CT molecular complexity index is 258. The molecule has 0 radical (unpaired) electrons. The van der Waals surface area contributed by atoms with Crippen LogP contribution in [0.5, 0.6) is 0 Å². The molecular weight excluding hydrogens is 176 g/mol. The van der Waals surface area contributed by atoms with Crippen LogP contribution >= 0.6 is 11.6 Å². The summed E-state index contributed by atoms with van der Waals surface area (Å²) in [4.78, 5) is 10.3. The zero-order valence-electron chi connectivity index (χ0n) is 6.37. The minimum absolute atomic E-state index is 0.310. The highest BCUT2D eigenvalue weighted by molar-refractivity contribution is 6.29. The average molecular weight is 184 g/mol. The van der Waals surface area contributed by atoms with E-state index >= 15 is 0 Å². The summed E-state index contributed by atoms with van der Waals surface area (Å²) < 4.78 is 0. The van der Waals surface area contributed by atoms with Gasteiger partial charge in [-0.15, -0.1) is 11.6 Å². The standard InChI is InChI=1S/C9H9ClO2/c10-8(9(11)12)6-7-4-2-1-3-5-7/h1-5,8H,6H2,(H,11,12)/p-1. The molecule has 0 amide bonds. The summed E-state index contributed by atoms with van der Waals surface area (Å²) in [6.07, 6.45) is 0.310. The number of alkyl halides is 1. The second-order valence-corrected chi connectivity index (χ2v) is 3.00. The maximum Gasteiger partial charge on any atom is 0.0770 e. The molecule has 0 saturated carbocycles. The normalized spacial score (nSPS) is 12.4. The van der Waals surface area contributed by atoms with Gasteiger partial charge < -0.3 is 9.90 Å². The largest absolute Gasteiger partial charge is 0.549 e. The van der Waals surface area contributed by atoms with Gasteiger partial charge in [0.05, 0.1) is 11.3 Å². The van der Waals surface area contributed by atoms with Crippen molar-refractivity contribution >= 4 is 17.6 Å². The van der Waals surface area contributed by atoms with E-state index in [2.05, 4.69) is 0 Å².